The number of carboxylic acids is 1. The van der Waals surface area contributed by atoms with Gasteiger partial charge in [-0.05, 0) is 30.4 Å². The lowest BCUT2D eigenvalue weighted by molar-refractivity contribution is -0.139. The van der Waals surface area contributed by atoms with Crippen molar-refractivity contribution in [3.05, 3.63) is 35.9 Å². The Morgan fingerprint density at radius 3 is 2.57 bits per heavy atom. The van der Waals surface area contributed by atoms with E-state index in [1.165, 1.54) is 0 Å². The highest BCUT2D eigenvalue weighted by molar-refractivity contribution is 7.98. The Hall–Kier alpha value is -1.69. The van der Waals surface area contributed by atoms with Gasteiger partial charge in [0.25, 0.3) is 0 Å². The zero-order valence-corrected chi connectivity index (χ0v) is 13.0. The summed E-state index contributed by atoms with van der Waals surface area (Å²) in [5.74, 6) is 0.0334. The quantitative estimate of drug-likeness (QED) is 0.611. The van der Waals surface area contributed by atoms with Gasteiger partial charge in [0.2, 0.25) is 0 Å². The van der Waals surface area contributed by atoms with Crippen LogP contribution >= 0.6 is 11.8 Å². The summed E-state index contributed by atoms with van der Waals surface area (Å²) in [6.45, 7) is 0.560. The second kappa shape index (κ2) is 10.1. The van der Waals surface area contributed by atoms with Gasteiger partial charge in [-0.15, -0.1) is 0 Å². The monoisotopic (exact) mass is 310 g/mol. The van der Waals surface area contributed by atoms with Crippen LogP contribution in [-0.2, 0) is 11.2 Å². The fourth-order valence-electron chi connectivity index (χ4n) is 1.83. The molecule has 1 aromatic carbocycles. The number of aliphatic carboxylic acids is 1. The van der Waals surface area contributed by atoms with E-state index in [0.717, 1.165) is 24.2 Å². The van der Waals surface area contributed by atoms with Crippen molar-refractivity contribution in [2.45, 2.75) is 25.3 Å². The van der Waals surface area contributed by atoms with Crippen LogP contribution in [0.4, 0.5) is 4.79 Å². The van der Waals surface area contributed by atoms with Gasteiger partial charge < -0.3 is 15.7 Å². The molecular formula is C15H22N2O3S. The Morgan fingerprint density at radius 1 is 1.24 bits per heavy atom. The number of benzene rings is 1. The number of carbonyl (C=O) groups is 2. The number of nitrogens with one attached hydrogen (secondary N) is 2. The molecule has 5 nitrogen and oxygen atoms in total. The van der Waals surface area contributed by atoms with Crippen LogP contribution in [-0.4, -0.2) is 41.7 Å². The lowest BCUT2D eigenvalue weighted by Crippen LogP contribution is -2.47. The van der Waals surface area contributed by atoms with Crippen molar-refractivity contribution in [2.24, 2.45) is 0 Å². The zero-order chi connectivity index (χ0) is 15.5. The molecule has 0 radical (unpaired) electrons. The molecule has 1 aromatic rings. The molecule has 0 aliphatic heterocycles. The third-order valence-corrected chi connectivity index (χ3v) is 3.64. The van der Waals surface area contributed by atoms with E-state index in [0.29, 0.717) is 6.54 Å². The summed E-state index contributed by atoms with van der Waals surface area (Å²) < 4.78 is 0. The molecular weight excluding hydrogens is 288 g/mol. The summed E-state index contributed by atoms with van der Waals surface area (Å²) >= 11 is 1.77. The Morgan fingerprint density at radius 2 is 1.95 bits per heavy atom. The average Bonchev–Trinajstić information content (AvgIpc) is 2.47. The molecule has 2 amide bonds. The van der Waals surface area contributed by atoms with Crippen LogP contribution in [0.1, 0.15) is 18.4 Å². The summed E-state index contributed by atoms with van der Waals surface area (Å²) in [5, 5.41) is 14.4. The van der Waals surface area contributed by atoms with Crippen LogP contribution in [0.2, 0.25) is 0 Å². The van der Waals surface area contributed by atoms with Gasteiger partial charge in [0.15, 0.2) is 0 Å². The summed E-state index contributed by atoms with van der Waals surface area (Å²) in [6.07, 6.45) is 4.25. The first-order valence-electron chi connectivity index (χ1n) is 6.93. The lowest BCUT2D eigenvalue weighted by Gasteiger charge is -2.15. The minimum Gasteiger partial charge on any atom is -0.480 e. The van der Waals surface area contributed by atoms with Crippen LogP contribution in [0.3, 0.4) is 0 Å². The highest BCUT2D eigenvalue weighted by atomic mass is 32.2. The molecule has 0 saturated heterocycles. The van der Waals surface area contributed by atoms with E-state index in [1.54, 1.807) is 11.8 Å². The first-order chi connectivity index (χ1) is 10.1. The summed E-state index contributed by atoms with van der Waals surface area (Å²) in [4.78, 5) is 22.9. The van der Waals surface area contributed by atoms with Crippen molar-refractivity contribution in [3.8, 4) is 0 Å². The zero-order valence-electron chi connectivity index (χ0n) is 12.2. The summed E-state index contributed by atoms with van der Waals surface area (Å²) in [5.41, 5.74) is 0.880. The first-order valence-corrected chi connectivity index (χ1v) is 8.33. The van der Waals surface area contributed by atoms with Crippen molar-refractivity contribution in [1.29, 1.82) is 0 Å². The number of unbranched alkanes of at least 4 members (excludes halogenated alkanes) is 1. The van der Waals surface area contributed by atoms with Crippen LogP contribution in [0, 0.1) is 0 Å². The third-order valence-electron chi connectivity index (χ3n) is 2.95. The highest BCUT2D eigenvalue weighted by Crippen LogP contribution is 2.03. The topological polar surface area (TPSA) is 78.4 Å². The molecule has 0 fully saturated rings. The lowest BCUT2D eigenvalue weighted by atomic mass is 10.1. The molecule has 0 heterocycles. The van der Waals surface area contributed by atoms with Gasteiger partial charge in [-0.1, -0.05) is 30.3 Å². The molecule has 116 valence electrons. The number of hydrogen-bond acceptors (Lipinski definition) is 3. The number of hydrogen-bond donors (Lipinski definition) is 3. The SMILES string of the molecule is CSCCCCNC(=O)N[C@H](Cc1ccccc1)C(=O)O. The number of rotatable bonds is 9. The van der Waals surface area contributed by atoms with E-state index in [4.69, 9.17) is 0 Å². The minimum atomic E-state index is -1.03. The maximum atomic E-state index is 11.7. The summed E-state index contributed by atoms with van der Waals surface area (Å²) in [7, 11) is 0. The Balaban J connectivity index is 2.36. The van der Waals surface area contributed by atoms with Gasteiger partial charge in [-0.3, -0.25) is 0 Å². The first kappa shape index (κ1) is 17.4. The van der Waals surface area contributed by atoms with E-state index in [1.807, 2.05) is 36.6 Å². The molecule has 21 heavy (non-hydrogen) atoms. The van der Waals surface area contributed by atoms with E-state index in [-0.39, 0.29) is 6.42 Å². The molecule has 0 bridgehead atoms. The van der Waals surface area contributed by atoms with E-state index >= 15 is 0 Å². The molecule has 0 unspecified atom stereocenters. The molecule has 0 spiro atoms. The third kappa shape index (κ3) is 7.60. The van der Waals surface area contributed by atoms with Crippen molar-refractivity contribution < 1.29 is 14.7 Å². The van der Waals surface area contributed by atoms with Crippen molar-refractivity contribution in [3.63, 3.8) is 0 Å². The number of urea groups is 1. The van der Waals surface area contributed by atoms with Gasteiger partial charge in [0.05, 0.1) is 0 Å². The Labute approximate surface area is 129 Å². The van der Waals surface area contributed by atoms with Crippen LogP contribution < -0.4 is 10.6 Å². The Kier molecular flexibility index (Phi) is 8.35. The van der Waals surface area contributed by atoms with Gasteiger partial charge >= 0.3 is 12.0 Å². The molecule has 0 aliphatic carbocycles. The largest absolute Gasteiger partial charge is 0.480 e. The van der Waals surface area contributed by atoms with Crippen LogP contribution in [0.25, 0.3) is 0 Å². The molecule has 3 N–H and O–H groups in total. The predicted molar refractivity (Wildman–Crippen MR) is 85.7 cm³/mol. The smallest absolute Gasteiger partial charge is 0.326 e. The molecule has 0 aromatic heterocycles. The van der Waals surface area contributed by atoms with Crippen molar-refractivity contribution in [2.75, 3.05) is 18.6 Å². The van der Waals surface area contributed by atoms with E-state index < -0.39 is 18.0 Å². The second-order valence-corrected chi connectivity index (χ2v) is 5.67. The second-order valence-electron chi connectivity index (χ2n) is 4.68. The maximum Gasteiger partial charge on any atom is 0.326 e. The Bertz CT molecular complexity index is 440. The van der Waals surface area contributed by atoms with E-state index in [9.17, 15) is 14.7 Å². The standard InChI is InChI=1S/C15H22N2O3S/c1-21-10-6-5-9-16-15(20)17-13(14(18)19)11-12-7-3-2-4-8-12/h2-4,7-8,13H,5-6,9-11H2,1H3,(H,18,19)(H2,16,17,20)/t13-/m1/s1. The fraction of sp³-hybridized carbons (Fsp3) is 0.467. The van der Waals surface area contributed by atoms with Gasteiger partial charge in [0, 0.05) is 13.0 Å². The number of carbonyl (C=O) groups excluding carboxylic acids is 1. The molecule has 1 rings (SSSR count). The normalized spacial score (nSPS) is 11.7. The number of thioether (sulfide) groups is 1. The molecule has 0 saturated carbocycles. The average molecular weight is 310 g/mol. The van der Waals surface area contributed by atoms with Gasteiger partial charge in [0.1, 0.15) is 6.04 Å². The minimum absolute atomic E-state index is 0.274. The highest BCUT2D eigenvalue weighted by Gasteiger charge is 2.19. The van der Waals surface area contributed by atoms with Crippen molar-refractivity contribution >= 4 is 23.8 Å². The summed E-state index contributed by atoms with van der Waals surface area (Å²) in [6, 6.07) is 7.91. The van der Waals surface area contributed by atoms with Crippen LogP contribution in [0.5, 0.6) is 0 Å². The molecule has 0 aliphatic rings. The molecule has 6 heteroatoms. The number of carboxylic acid groups (broad SMARTS) is 1. The fourth-order valence-corrected chi connectivity index (χ4v) is 2.33. The van der Waals surface area contributed by atoms with Crippen molar-refractivity contribution in [1.82, 2.24) is 10.6 Å². The van der Waals surface area contributed by atoms with Gasteiger partial charge in [-0.2, -0.15) is 11.8 Å². The number of amides is 2. The van der Waals surface area contributed by atoms with E-state index in [2.05, 4.69) is 10.6 Å². The maximum absolute atomic E-state index is 11.7. The van der Waals surface area contributed by atoms with Crippen LogP contribution in [0.15, 0.2) is 30.3 Å². The van der Waals surface area contributed by atoms with Gasteiger partial charge in [-0.25, -0.2) is 9.59 Å². The molecule has 1 atom stereocenters. The predicted octanol–water partition coefficient (Wildman–Crippen LogP) is 2.12.